The van der Waals surface area contributed by atoms with E-state index in [0.29, 0.717) is 10.6 Å². The van der Waals surface area contributed by atoms with Crippen LogP contribution in [-0.4, -0.2) is 11.1 Å². The van der Waals surface area contributed by atoms with Crippen LogP contribution in [0.1, 0.15) is 35.2 Å². The van der Waals surface area contributed by atoms with Crippen LogP contribution in [0.4, 0.5) is 0 Å². The van der Waals surface area contributed by atoms with E-state index in [1.165, 1.54) is 0 Å². The summed E-state index contributed by atoms with van der Waals surface area (Å²) in [5.74, 6) is -0.941. The third-order valence-corrected chi connectivity index (χ3v) is 3.31. The van der Waals surface area contributed by atoms with Crippen molar-refractivity contribution in [2.45, 2.75) is 19.3 Å². The first-order valence-electron chi connectivity index (χ1n) is 5.45. The number of allylic oxidation sites excluding steroid dienone is 4. The van der Waals surface area contributed by atoms with E-state index < -0.39 is 5.97 Å². The SMILES string of the molecule is CC1=CCC(c2ccccc2C(=O)O)C(Cl)=C1. The van der Waals surface area contributed by atoms with E-state index in [1.807, 2.05) is 25.1 Å². The number of hydrogen-bond donors (Lipinski definition) is 1. The van der Waals surface area contributed by atoms with Gasteiger partial charge in [0.1, 0.15) is 0 Å². The smallest absolute Gasteiger partial charge is 0.335 e. The highest BCUT2D eigenvalue weighted by molar-refractivity contribution is 6.30. The molecule has 0 amide bonds. The Bertz CT molecular complexity index is 515. The molecule has 0 fully saturated rings. The van der Waals surface area contributed by atoms with Crippen molar-refractivity contribution in [2.24, 2.45) is 0 Å². The molecule has 0 bridgehead atoms. The molecule has 1 aliphatic carbocycles. The van der Waals surface area contributed by atoms with Gasteiger partial charge in [-0.1, -0.05) is 41.4 Å². The maximum Gasteiger partial charge on any atom is 0.335 e. The zero-order valence-electron chi connectivity index (χ0n) is 9.48. The second-order valence-electron chi connectivity index (χ2n) is 4.16. The lowest BCUT2D eigenvalue weighted by atomic mass is 9.87. The molecule has 0 radical (unpaired) electrons. The Morgan fingerprint density at radius 1 is 1.41 bits per heavy atom. The third kappa shape index (κ3) is 2.42. The summed E-state index contributed by atoms with van der Waals surface area (Å²) >= 11 is 6.22. The van der Waals surface area contributed by atoms with Crippen molar-refractivity contribution in [3.8, 4) is 0 Å². The highest BCUT2D eigenvalue weighted by Crippen LogP contribution is 2.36. The van der Waals surface area contributed by atoms with Gasteiger partial charge in [0.05, 0.1) is 5.56 Å². The molecule has 1 unspecified atom stereocenters. The number of carboxylic acid groups (broad SMARTS) is 1. The molecular formula is C14H13ClO2. The topological polar surface area (TPSA) is 37.3 Å². The van der Waals surface area contributed by atoms with Crippen molar-refractivity contribution in [2.75, 3.05) is 0 Å². The molecule has 0 aliphatic heterocycles. The molecule has 0 aromatic heterocycles. The minimum absolute atomic E-state index is 0.0346. The Hall–Kier alpha value is -1.54. The highest BCUT2D eigenvalue weighted by Gasteiger charge is 2.22. The van der Waals surface area contributed by atoms with Crippen molar-refractivity contribution in [1.29, 1.82) is 0 Å². The molecule has 1 atom stereocenters. The van der Waals surface area contributed by atoms with Gasteiger partial charge < -0.3 is 5.11 Å². The lowest BCUT2D eigenvalue weighted by Gasteiger charge is -2.20. The van der Waals surface area contributed by atoms with E-state index in [2.05, 4.69) is 6.08 Å². The maximum absolute atomic E-state index is 11.2. The van der Waals surface area contributed by atoms with Gasteiger partial charge in [-0.25, -0.2) is 4.79 Å². The van der Waals surface area contributed by atoms with Crippen LogP contribution in [0.2, 0.25) is 0 Å². The van der Waals surface area contributed by atoms with Crippen molar-refractivity contribution < 1.29 is 9.90 Å². The number of carboxylic acids is 1. The van der Waals surface area contributed by atoms with Gasteiger partial charge in [-0.3, -0.25) is 0 Å². The van der Waals surface area contributed by atoms with Crippen LogP contribution < -0.4 is 0 Å². The predicted molar refractivity (Wildman–Crippen MR) is 68.5 cm³/mol. The highest BCUT2D eigenvalue weighted by atomic mass is 35.5. The summed E-state index contributed by atoms with van der Waals surface area (Å²) in [4.78, 5) is 11.2. The predicted octanol–water partition coefficient (Wildman–Crippen LogP) is 3.94. The minimum atomic E-state index is -0.906. The largest absolute Gasteiger partial charge is 0.478 e. The molecular weight excluding hydrogens is 236 g/mol. The molecule has 0 heterocycles. The van der Waals surface area contributed by atoms with Crippen molar-refractivity contribution in [1.82, 2.24) is 0 Å². The number of carbonyl (C=O) groups is 1. The first-order valence-corrected chi connectivity index (χ1v) is 5.83. The fourth-order valence-electron chi connectivity index (χ4n) is 2.06. The Labute approximate surface area is 105 Å². The van der Waals surface area contributed by atoms with Gasteiger partial charge in [-0.2, -0.15) is 0 Å². The maximum atomic E-state index is 11.2. The summed E-state index contributed by atoms with van der Waals surface area (Å²) < 4.78 is 0. The Morgan fingerprint density at radius 2 is 2.12 bits per heavy atom. The Morgan fingerprint density at radius 3 is 2.76 bits per heavy atom. The molecule has 1 aliphatic rings. The summed E-state index contributed by atoms with van der Waals surface area (Å²) in [6, 6.07) is 7.03. The van der Waals surface area contributed by atoms with Gasteiger partial charge in [0.2, 0.25) is 0 Å². The molecule has 2 nitrogen and oxygen atoms in total. The second kappa shape index (κ2) is 4.76. The first kappa shape index (κ1) is 11.9. The summed E-state index contributed by atoms with van der Waals surface area (Å²) in [6.45, 7) is 1.99. The third-order valence-electron chi connectivity index (χ3n) is 2.94. The van der Waals surface area contributed by atoms with Crippen LogP contribution in [0.15, 0.2) is 47.0 Å². The average molecular weight is 249 g/mol. The lowest BCUT2D eigenvalue weighted by molar-refractivity contribution is 0.0695. The molecule has 17 heavy (non-hydrogen) atoms. The van der Waals surface area contributed by atoms with Crippen molar-refractivity contribution in [3.05, 3.63) is 58.1 Å². The van der Waals surface area contributed by atoms with Crippen LogP contribution >= 0.6 is 11.6 Å². The molecule has 88 valence electrons. The molecule has 0 spiro atoms. The summed E-state index contributed by atoms with van der Waals surface area (Å²) in [5.41, 5.74) is 2.24. The van der Waals surface area contributed by atoms with Gasteiger partial charge in [-0.15, -0.1) is 0 Å². The molecule has 0 saturated carbocycles. The lowest BCUT2D eigenvalue weighted by Crippen LogP contribution is -2.09. The van der Waals surface area contributed by atoms with Gasteiger partial charge in [0, 0.05) is 11.0 Å². The number of halogens is 1. The first-order chi connectivity index (χ1) is 8.09. The number of hydrogen-bond acceptors (Lipinski definition) is 1. The van der Waals surface area contributed by atoms with E-state index >= 15 is 0 Å². The number of aromatic carboxylic acids is 1. The fraction of sp³-hybridized carbons (Fsp3) is 0.214. The van der Waals surface area contributed by atoms with Crippen LogP contribution in [0.3, 0.4) is 0 Å². The normalized spacial score (nSPS) is 19.5. The molecule has 1 aromatic rings. The summed E-state index contributed by atoms with van der Waals surface area (Å²) in [6.07, 6.45) is 4.73. The zero-order chi connectivity index (χ0) is 12.4. The standard InChI is InChI=1S/C14H13ClO2/c1-9-6-7-11(13(15)8-9)10-4-2-3-5-12(10)14(16)17/h2-6,8,11H,7H2,1H3,(H,16,17). The average Bonchev–Trinajstić information content (AvgIpc) is 2.29. The Kier molecular flexibility index (Phi) is 3.34. The van der Waals surface area contributed by atoms with Crippen molar-refractivity contribution >= 4 is 17.6 Å². The molecule has 3 heteroatoms. The minimum Gasteiger partial charge on any atom is -0.478 e. The van der Waals surface area contributed by atoms with E-state index in [0.717, 1.165) is 17.6 Å². The van der Waals surface area contributed by atoms with E-state index in [-0.39, 0.29) is 5.92 Å². The van der Waals surface area contributed by atoms with Crippen LogP contribution in [0.25, 0.3) is 0 Å². The summed E-state index contributed by atoms with van der Waals surface area (Å²) in [5, 5.41) is 9.86. The van der Waals surface area contributed by atoms with Gasteiger partial charge >= 0.3 is 5.97 Å². The van der Waals surface area contributed by atoms with Crippen LogP contribution in [0, 0.1) is 0 Å². The zero-order valence-corrected chi connectivity index (χ0v) is 10.2. The van der Waals surface area contributed by atoms with Gasteiger partial charge in [0.25, 0.3) is 0 Å². The molecule has 1 aromatic carbocycles. The van der Waals surface area contributed by atoms with E-state index in [9.17, 15) is 4.79 Å². The van der Waals surface area contributed by atoms with Crippen LogP contribution in [0.5, 0.6) is 0 Å². The Balaban J connectivity index is 2.43. The number of rotatable bonds is 2. The number of benzene rings is 1. The fourth-order valence-corrected chi connectivity index (χ4v) is 2.44. The van der Waals surface area contributed by atoms with Crippen LogP contribution in [-0.2, 0) is 0 Å². The van der Waals surface area contributed by atoms with Gasteiger partial charge in [-0.05, 0) is 31.1 Å². The van der Waals surface area contributed by atoms with E-state index in [4.69, 9.17) is 16.7 Å². The second-order valence-corrected chi connectivity index (χ2v) is 4.59. The van der Waals surface area contributed by atoms with Crippen molar-refractivity contribution in [3.63, 3.8) is 0 Å². The monoisotopic (exact) mass is 248 g/mol. The van der Waals surface area contributed by atoms with Gasteiger partial charge in [0.15, 0.2) is 0 Å². The molecule has 0 saturated heterocycles. The quantitative estimate of drug-likeness (QED) is 0.861. The molecule has 2 rings (SSSR count). The van der Waals surface area contributed by atoms with E-state index in [1.54, 1.807) is 12.1 Å². The molecule has 1 N–H and O–H groups in total. The summed E-state index contributed by atoms with van der Waals surface area (Å²) in [7, 11) is 0.